The van der Waals surface area contributed by atoms with Crippen molar-refractivity contribution in [2.24, 2.45) is 11.1 Å². The van der Waals surface area contributed by atoms with Crippen LogP contribution in [0.15, 0.2) is 28.0 Å². The molecule has 0 aliphatic carbocycles. The minimum Gasteiger partial charge on any atom is -0.465 e. The van der Waals surface area contributed by atoms with Crippen molar-refractivity contribution < 1.29 is 43.2 Å². The standard InChI is InChI=1S/C25H30BrF2N5O7/c1-38-24-18(9-13-8-16(30-40-13)12-4-6-32(7-5-12)25(36)37)39-19(11-34)23(35)22(24)33-10-17(29-31-33)14-2-3-15(26)21(28)20(14)27/h2-3,10,12-13,18-19,22-24,34-35H,4-9,11H2,1H3,(H,36,37)/t13?,18-,19-,22+,23+,24+/m1/s1. The van der Waals surface area contributed by atoms with Gasteiger partial charge in [0.25, 0.3) is 0 Å². The number of methoxy groups -OCH3 is 1. The number of carboxylic acid groups (broad SMARTS) is 1. The Kier molecular flexibility index (Phi) is 8.66. The van der Waals surface area contributed by atoms with Crippen molar-refractivity contribution in [3.8, 4) is 11.3 Å². The van der Waals surface area contributed by atoms with Gasteiger partial charge in [-0.05, 0) is 40.9 Å². The van der Waals surface area contributed by atoms with E-state index in [-0.39, 0.29) is 27.8 Å². The van der Waals surface area contributed by atoms with E-state index in [1.54, 1.807) is 0 Å². The Morgan fingerprint density at radius 1 is 1.23 bits per heavy atom. The largest absolute Gasteiger partial charge is 0.465 e. The van der Waals surface area contributed by atoms with Gasteiger partial charge >= 0.3 is 6.09 Å². The van der Waals surface area contributed by atoms with Gasteiger partial charge in [-0.3, -0.25) is 0 Å². The van der Waals surface area contributed by atoms with Gasteiger partial charge in [0.2, 0.25) is 0 Å². The van der Waals surface area contributed by atoms with Crippen molar-refractivity contribution in [3.63, 3.8) is 0 Å². The molecule has 3 aliphatic heterocycles. The molecular weight excluding hydrogens is 600 g/mol. The van der Waals surface area contributed by atoms with E-state index < -0.39 is 54.8 Å². The van der Waals surface area contributed by atoms with E-state index in [1.807, 2.05) is 0 Å². The minimum atomic E-state index is -1.25. The Bertz CT molecular complexity index is 1260. The number of aliphatic hydroxyl groups is 2. The Morgan fingerprint density at radius 2 is 1.98 bits per heavy atom. The lowest BCUT2D eigenvalue weighted by atomic mass is 9.86. The van der Waals surface area contributed by atoms with Crippen LogP contribution in [-0.4, -0.2) is 104 Å². The number of oxime groups is 1. The molecule has 1 aromatic carbocycles. The number of ether oxygens (including phenoxy) is 2. The molecule has 0 saturated carbocycles. The third-order valence-corrected chi connectivity index (χ3v) is 8.46. The van der Waals surface area contributed by atoms with E-state index >= 15 is 0 Å². The maximum Gasteiger partial charge on any atom is 0.407 e. The first-order valence-electron chi connectivity index (χ1n) is 12.9. The number of hydrogen-bond donors (Lipinski definition) is 3. The summed E-state index contributed by atoms with van der Waals surface area (Å²) in [7, 11) is 1.45. The molecule has 2 aromatic rings. The lowest BCUT2D eigenvalue weighted by molar-refractivity contribution is -0.219. The van der Waals surface area contributed by atoms with Crippen LogP contribution in [0.4, 0.5) is 13.6 Å². The van der Waals surface area contributed by atoms with Crippen molar-refractivity contribution in [1.29, 1.82) is 0 Å². The Balaban J connectivity index is 1.30. The quantitative estimate of drug-likeness (QED) is 0.392. The maximum atomic E-state index is 14.6. The summed E-state index contributed by atoms with van der Waals surface area (Å²) >= 11 is 2.95. The molecule has 2 saturated heterocycles. The number of aliphatic hydroxyl groups excluding tert-OH is 2. The number of amides is 1. The summed E-state index contributed by atoms with van der Waals surface area (Å²) in [6, 6.07) is 1.86. The summed E-state index contributed by atoms with van der Waals surface area (Å²) in [5.74, 6) is -2.02. The van der Waals surface area contributed by atoms with Crippen LogP contribution in [0.5, 0.6) is 0 Å². The third kappa shape index (κ3) is 5.57. The summed E-state index contributed by atoms with van der Waals surface area (Å²) < 4.78 is 41.8. The van der Waals surface area contributed by atoms with Crippen LogP contribution in [0.1, 0.15) is 31.7 Å². The number of halogens is 3. The molecule has 0 radical (unpaired) electrons. The molecule has 0 bridgehead atoms. The van der Waals surface area contributed by atoms with Gasteiger partial charge in [0.1, 0.15) is 36.2 Å². The zero-order chi connectivity index (χ0) is 28.6. The molecule has 4 heterocycles. The lowest BCUT2D eigenvalue weighted by Gasteiger charge is -2.44. The monoisotopic (exact) mass is 629 g/mol. The second-order valence-electron chi connectivity index (χ2n) is 10.2. The van der Waals surface area contributed by atoms with Crippen LogP contribution in [0, 0.1) is 17.6 Å². The minimum absolute atomic E-state index is 0.0268. The molecule has 218 valence electrons. The SMILES string of the molecule is CO[C@@H]1[C@@H](n2cc(-c3ccc(Br)c(F)c3F)nn2)[C@@H](O)[C@@H](CO)O[C@@H]1CC1CC(C2CCN(C(=O)O)CC2)=NO1. The topological polar surface area (TPSA) is 152 Å². The number of aromatic nitrogens is 3. The van der Waals surface area contributed by atoms with Gasteiger partial charge in [-0.15, -0.1) is 5.10 Å². The summed E-state index contributed by atoms with van der Waals surface area (Å²) in [5, 5.41) is 42.5. The summed E-state index contributed by atoms with van der Waals surface area (Å²) in [5.41, 5.74) is 0.830. The summed E-state index contributed by atoms with van der Waals surface area (Å²) in [6.07, 6.45) is -1.31. The van der Waals surface area contributed by atoms with Gasteiger partial charge in [0.15, 0.2) is 11.6 Å². The van der Waals surface area contributed by atoms with E-state index in [1.165, 1.54) is 35.0 Å². The van der Waals surface area contributed by atoms with E-state index in [0.29, 0.717) is 38.8 Å². The molecule has 12 nitrogen and oxygen atoms in total. The van der Waals surface area contributed by atoms with E-state index in [2.05, 4.69) is 31.4 Å². The molecule has 2 fully saturated rings. The van der Waals surface area contributed by atoms with Crippen LogP contribution in [0.2, 0.25) is 0 Å². The summed E-state index contributed by atoms with van der Waals surface area (Å²) in [6.45, 7) is 0.402. The number of benzene rings is 1. The Hall–Kier alpha value is -2.72. The highest BCUT2D eigenvalue weighted by molar-refractivity contribution is 9.10. The number of carbonyl (C=O) groups is 1. The molecule has 6 atom stereocenters. The number of rotatable bonds is 7. The first-order chi connectivity index (χ1) is 19.2. The highest BCUT2D eigenvalue weighted by Crippen LogP contribution is 2.37. The van der Waals surface area contributed by atoms with Crippen molar-refractivity contribution >= 4 is 27.7 Å². The molecule has 5 rings (SSSR count). The smallest absolute Gasteiger partial charge is 0.407 e. The molecule has 40 heavy (non-hydrogen) atoms. The number of nitrogens with zero attached hydrogens (tertiary/aromatic N) is 5. The fourth-order valence-corrected chi connectivity index (χ4v) is 6.01. The highest BCUT2D eigenvalue weighted by atomic mass is 79.9. The van der Waals surface area contributed by atoms with Gasteiger partial charge in [-0.2, -0.15) is 0 Å². The van der Waals surface area contributed by atoms with Crippen LogP contribution in [0.25, 0.3) is 11.3 Å². The van der Waals surface area contributed by atoms with E-state index in [4.69, 9.17) is 14.3 Å². The van der Waals surface area contributed by atoms with Gasteiger partial charge in [-0.1, -0.05) is 10.4 Å². The first-order valence-corrected chi connectivity index (χ1v) is 13.7. The molecule has 1 amide bonds. The Morgan fingerprint density at radius 3 is 2.65 bits per heavy atom. The second-order valence-corrected chi connectivity index (χ2v) is 11.0. The molecular formula is C25H30BrF2N5O7. The first kappa shape index (κ1) is 28.8. The van der Waals surface area contributed by atoms with Crippen molar-refractivity contribution in [1.82, 2.24) is 19.9 Å². The van der Waals surface area contributed by atoms with Crippen molar-refractivity contribution in [2.75, 3.05) is 26.8 Å². The van der Waals surface area contributed by atoms with Crippen LogP contribution in [0.3, 0.4) is 0 Å². The predicted octanol–water partition coefficient (Wildman–Crippen LogP) is 2.59. The molecule has 15 heteroatoms. The van der Waals surface area contributed by atoms with Gasteiger partial charge in [0.05, 0.1) is 29.1 Å². The number of likely N-dealkylation sites (tertiary alicyclic amines) is 1. The van der Waals surface area contributed by atoms with Crippen LogP contribution < -0.4 is 0 Å². The van der Waals surface area contributed by atoms with Crippen LogP contribution >= 0.6 is 15.9 Å². The van der Waals surface area contributed by atoms with Gasteiger partial charge < -0.3 is 34.5 Å². The normalized spacial score (nSPS) is 29.4. The number of hydrogen-bond acceptors (Lipinski definition) is 9. The van der Waals surface area contributed by atoms with Crippen molar-refractivity contribution in [3.05, 3.63) is 34.4 Å². The zero-order valence-electron chi connectivity index (χ0n) is 21.6. The van der Waals surface area contributed by atoms with Gasteiger partial charge in [-0.25, -0.2) is 18.3 Å². The molecule has 1 unspecified atom stereocenters. The van der Waals surface area contributed by atoms with E-state index in [9.17, 15) is 28.9 Å². The van der Waals surface area contributed by atoms with Crippen LogP contribution in [-0.2, 0) is 14.3 Å². The van der Waals surface area contributed by atoms with Crippen molar-refractivity contribution in [2.45, 2.75) is 62.2 Å². The fourth-order valence-electron chi connectivity index (χ4n) is 5.71. The third-order valence-electron chi connectivity index (χ3n) is 7.85. The molecule has 3 N–H and O–H groups in total. The van der Waals surface area contributed by atoms with Gasteiger partial charge in [0, 0.05) is 44.5 Å². The lowest BCUT2D eigenvalue weighted by Crippen LogP contribution is -2.57. The fraction of sp³-hybridized carbons (Fsp3) is 0.600. The Labute approximate surface area is 236 Å². The number of piperidine rings is 1. The average Bonchev–Trinajstić information content (AvgIpc) is 3.62. The molecule has 0 spiro atoms. The zero-order valence-corrected chi connectivity index (χ0v) is 23.2. The maximum absolute atomic E-state index is 14.6. The molecule has 3 aliphatic rings. The highest BCUT2D eigenvalue weighted by Gasteiger charge is 2.48. The summed E-state index contributed by atoms with van der Waals surface area (Å²) in [4.78, 5) is 18.3. The average molecular weight is 630 g/mol. The second kappa shape index (κ2) is 12.0. The van der Waals surface area contributed by atoms with E-state index in [0.717, 1.165) is 5.71 Å². The molecule has 1 aromatic heterocycles. The predicted molar refractivity (Wildman–Crippen MR) is 139 cm³/mol.